The molecule has 0 saturated carbocycles. The third kappa shape index (κ3) is 8.76. The Morgan fingerprint density at radius 1 is 0.386 bits per heavy atom. The van der Waals surface area contributed by atoms with Gasteiger partial charge in [0.2, 0.25) is 22.6 Å². The van der Waals surface area contributed by atoms with Gasteiger partial charge in [-0.05, 0) is 97.9 Å². The predicted octanol–water partition coefficient (Wildman–Crippen LogP) is 20.9. The molecule has 10 aliphatic heterocycles. The Kier molecular flexibility index (Phi) is 14.3. The number of hydrogen-bond donors (Lipinski definition) is 4. The van der Waals surface area contributed by atoms with E-state index in [-0.39, 0.29) is 0 Å². The van der Waals surface area contributed by atoms with Crippen LogP contribution in [0.5, 0.6) is 23.0 Å². The number of amidine groups is 4. The minimum atomic E-state index is -1.72. The van der Waals surface area contributed by atoms with Gasteiger partial charge in [-0.2, -0.15) is 9.13 Å². The normalized spacial score (nSPS) is 17.0. The zero-order valence-electron chi connectivity index (χ0n) is 56.1. The first-order valence-corrected chi connectivity index (χ1v) is 39.2. The zero-order valence-corrected chi connectivity index (χ0v) is 62.3. The zero-order chi connectivity index (χ0) is 68.5. The standard InChI is InChI=1S/C77H62Cl4N12O4S4/c1-33(2)25-29-94-61-49-45(57-65(53(61)78)98-41-21-13-9-17-37(41)82-57)69-87-74-51-47(59-67(55(80)63(51)96-31-27-35(5)6)100-43-23-15-11-19-39(43)84-59)71-89-76-52-48(60-68(56(81)64(52)97-32-28-36(7)8)101-44-24-16-12-20-40(44)85-60)72-88-75-50-46(70-86-73(49)90(69)77(91(70)75,92(71)74)93(72)76)58-66(54(79)62(50)95-30-26-34(3)4)99-42-22-14-10-18-38(42)83-58/h9-24,33-36H,25-32H2,1-8H3,(H2,82,83,84,85,86,87,88,89)/p+2. The van der Waals surface area contributed by atoms with E-state index >= 15 is 0 Å². The van der Waals surface area contributed by atoms with Gasteiger partial charge in [-0.3, -0.25) is 0 Å². The van der Waals surface area contributed by atoms with Crippen molar-refractivity contribution >= 4 is 195 Å². The molecule has 0 radical (unpaired) electrons. The summed E-state index contributed by atoms with van der Waals surface area (Å²) in [4.78, 5) is 32.1. The molecule has 0 bridgehead atoms. The molecule has 24 heteroatoms. The third-order valence-electron chi connectivity index (χ3n) is 20.1. The molecule has 0 saturated heterocycles. The van der Waals surface area contributed by atoms with Crippen LogP contribution in [0, 0.1) is 23.7 Å². The number of nitrogens with one attached hydrogen (secondary N) is 4. The second-order valence-electron chi connectivity index (χ2n) is 28.4. The number of aromatic nitrogens is 2. The van der Waals surface area contributed by atoms with E-state index in [0.717, 1.165) is 132 Å². The molecule has 1 spiro atoms. The van der Waals surface area contributed by atoms with Crippen molar-refractivity contribution in [3.8, 4) is 23.0 Å². The van der Waals surface area contributed by atoms with E-state index in [2.05, 4.69) is 192 Å². The van der Waals surface area contributed by atoms with Crippen molar-refractivity contribution in [3.63, 3.8) is 0 Å². The summed E-state index contributed by atoms with van der Waals surface area (Å²) >= 11 is 39.1. The maximum atomic E-state index is 8.16. The van der Waals surface area contributed by atoms with Crippen molar-refractivity contribution in [1.29, 1.82) is 0 Å². The number of benzene rings is 8. The van der Waals surface area contributed by atoms with E-state index in [1.807, 2.05) is 0 Å². The number of para-hydroxylation sites is 4. The highest BCUT2D eigenvalue weighted by atomic mass is 35.5. The number of ether oxygens (including phenoxy) is 4. The molecule has 0 amide bonds. The number of anilines is 8. The van der Waals surface area contributed by atoms with Crippen LogP contribution < -0.4 is 51.2 Å². The number of halogens is 4. The first-order chi connectivity index (χ1) is 49.1. The summed E-state index contributed by atoms with van der Waals surface area (Å²) in [6.45, 7) is 19.1. The molecule has 0 fully saturated rings. The maximum absolute atomic E-state index is 8.16. The monoisotopic (exact) mass is 1490 g/mol. The second kappa shape index (κ2) is 23.0. The molecule has 1 unspecified atom stereocenters. The van der Waals surface area contributed by atoms with Gasteiger partial charge in [0.15, 0.2) is 23.0 Å². The van der Waals surface area contributed by atoms with Crippen molar-refractivity contribution in [1.82, 2.24) is 9.13 Å². The van der Waals surface area contributed by atoms with E-state index in [0.29, 0.717) is 161 Å². The fourth-order valence-corrected chi connectivity index (χ4v) is 20.9. The molecule has 12 heterocycles. The molecule has 16 nitrogen and oxygen atoms in total. The lowest BCUT2D eigenvalue weighted by Crippen LogP contribution is -2.71. The van der Waals surface area contributed by atoms with Gasteiger partial charge in [-0.15, -0.1) is 9.15 Å². The summed E-state index contributed by atoms with van der Waals surface area (Å²) in [5, 5.41) is 20.5. The minimum absolute atomic E-state index is 0.313. The molecule has 10 aliphatic rings. The predicted molar refractivity (Wildman–Crippen MR) is 409 cm³/mol. The Bertz CT molecular complexity index is 5800. The fourth-order valence-electron chi connectivity index (χ4n) is 15.3. The molecule has 20 rings (SSSR count). The fraction of sp³-hybridized carbons (Fsp3) is 0.273. The van der Waals surface area contributed by atoms with Crippen LogP contribution in [-0.2, 0) is 5.91 Å². The van der Waals surface area contributed by atoms with Crippen molar-refractivity contribution in [2.24, 2.45) is 43.6 Å². The van der Waals surface area contributed by atoms with Crippen LogP contribution >= 0.6 is 93.5 Å². The van der Waals surface area contributed by atoms with Crippen LogP contribution in [0.1, 0.15) is 103 Å². The lowest BCUT2D eigenvalue weighted by atomic mass is 10.0. The van der Waals surface area contributed by atoms with E-state index in [1.165, 1.54) is 0 Å². The SMILES string of the molecule is CC(C)CCOc1c(Cl)c2c(c3c1C1=Nc4c5c6c(c(Cl)c(OCCC(C)C)c5c5n4C47n8c(c9c%10c(c(Cl)c(OCCC(C)C)c9c8=NC3=[N+]14)Sc1ccccc1N%10)=NC1=[N+]7C(=N5)c3c4c(c(Cl)c(OCCC(C)C)c31)Sc1ccccc1N4)Sc1ccccc1N6)Nc1ccccc1S2. The van der Waals surface area contributed by atoms with Crippen molar-refractivity contribution in [2.75, 3.05) is 47.7 Å². The number of nitrogens with zero attached hydrogens (tertiary/aromatic N) is 8. The third-order valence-corrected chi connectivity index (χ3v) is 26.8. The average Bonchev–Trinajstić information content (AvgIpc) is 1.46. The van der Waals surface area contributed by atoms with Crippen molar-refractivity contribution in [3.05, 3.63) is 150 Å². The van der Waals surface area contributed by atoms with Crippen LogP contribution in [0.4, 0.5) is 57.1 Å². The molecular weight excluding hydrogens is 1430 g/mol. The molecule has 10 aromatic rings. The van der Waals surface area contributed by atoms with Gasteiger partial charge >= 0.3 is 5.91 Å². The van der Waals surface area contributed by atoms with Gasteiger partial charge in [0, 0.05) is 19.6 Å². The lowest BCUT2D eigenvalue weighted by Gasteiger charge is -2.40. The summed E-state index contributed by atoms with van der Waals surface area (Å²) in [7, 11) is 0. The molecule has 4 N–H and O–H groups in total. The summed E-state index contributed by atoms with van der Waals surface area (Å²) in [6.07, 6.45) is 3.02. The maximum Gasteiger partial charge on any atom is 0.404 e. The topological polar surface area (TPSA) is 150 Å². The van der Waals surface area contributed by atoms with Gasteiger partial charge in [0.1, 0.15) is 11.1 Å². The van der Waals surface area contributed by atoms with E-state index in [1.54, 1.807) is 47.0 Å². The minimum Gasteiger partial charge on any atom is -0.491 e. The Labute approximate surface area is 618 Å². The Morgan fingerprint density at radius 3 is 1.20 bits per heavy atom. The van der Waals surface area contributed by atoms with Gasteiger partial charge in [-0.25, -0.2) is 0 Å². The summed E-state index contributed by atoms with van der Waals surface area (Å²) in [5.74, 6) is 4.74. The molecule has 8 aromatic carbocycles. The lowest BCUT2D eigenvalue weighted by molar-refractivity contribution is -0.790. The average molecular weight is 1490 g/mol. The number of rotatable bonds is 16. The number of fused-ring (bicyclic) bond motifs is 24. The summed E-state index contributed by atoms with van der Waals surface area (Å²) < 4.78 is 38.5. The van der Waals surface area contributed by atoms with Crippen LogP contribution in [0.3, 0.4) is 0 Å². The quantitative estimate of drug-likeness (QED) is 0.0682. The van der Waals surface area contributed by atoms with Crippen molar-refractivity contribution < 1.29 is 28.1 Å². The van der Waals surface area contributed by atoms with Gasteiger partial charge < -0.3 is 40.2 Å². The Morgan fingerprint density at radius 2 is 0.733 bits per heavy atom. The van der Waals surface area contributed by atoms with Crippen LogP contribution in [0.15, 0.2) is 156 Å². The Balaban J connectivity index is 1.02. The highest BCUT2D eigenvalue weighted by Crippen LogP contribution is 2.66. The summed E-state index contributed by atoms with van der Waals surface area (Å²) in [5.41, 5.74) is 10.6. The van der Waals surface area contributed by atoms with Gasteiger partial charge in [0.05, 0.1) is 144 Å². The van der Waals surface area contributed by atoms with Crippen LogP contribution in [-0.4, -0.2) is 68.1 Å². The van der Waals surface area contributed by atoms with Crippen LogP contribution in [0.25, 0.3) is 21.5 Å². The first-order valence-electron chi connectivity index (χ1n) is 34.4. The van der Waals surface area contributed by atoms with Crippen molar-refractivity contribution in [2.45, 2.75) is 126 Å². The molecule has 1 atom stereocenters. The van der Waals surface area contributed by atoms with Gasteiger partial charge in [-0.1, -0.05) is 217 Å². The second-order valence-corrected chi connectivity index (χ2v) is 34.1. The highest BCUT2D eigenvalue weighted by molar-refractivity contribution is 8.00. The molecule has 101 heavy (non-hydrogen) atoms. The summed E-state index contributed by atoms with van der Waals surface area (Å²) in [6, 6.07) is 33.3. The molecule has 0 aliphatic carbocycles. The molecule has 2 aromatic heterocycles. The van der Waals surface area contributed by atoms with E-state index in [9.17, 15) is 0 Å². The van der Waals surface area contributed by atoms with Gasteiger partial charge in [0.25, 0.3) is 23.3 Å². The Hall–Kier alpha value is -7.92. The van der Waals surface area contributed by atoms with E-state index in [4.69, 9.17) is 85.3 Å². The number of hydrogen-bond acceptors (Lipinski definition) is 16. The highest BCUT2D eigenvalue weighted by Gasteiger charge is 2.72. The number of aliphatic imine (C=N–C) groups is 2. The first kappa shape index (κ1) is 62.8. The smallest absolute Gasteiger partial charge is 0.404 e. The molecule has 506 valence electrons. The largest absolute Gasteiger partial charge is 0.491 e. The molecular formula is C77H64Cl4N12O4S4+2. The van der Waals surface area contributed by atoms with E-state index < -0.39 is 5.91 Å². The van der Waals surface area contributed by atoms with Crippen LogP contribution in [0.2, 0.25) is 20.1 Å².